The van der Waals surface area contributed by atoms with Crippen molar-refractivity contribution < 1.29 is 0 Å². The van der Waals surface area contributed by atoms with Gasteiger partial charge < -0.3 is 0 Å². The normalized spacial score (nSPS) is 11.7. The molecule has 1 aromatic carbocycles. The second kappa shape index (κ2) is 6.12. The Kier molecular flexibility index (Phi) is 4.02. The number of nitrogens with one attached hydrogen (secondary N) is 1. The molecule has 0 saturated heterocycles. The molecular formula is C17H15ClN4. The number of aryl methyl sites for hydroxylation is 1. The minimum Gasteiger partial charge on any atom is -0.264 e. The number of halogens is 1. The molecule has 5 heteroatoms. The molecule has 2 aromatic heterocycles. The first kappa shape index (κ1) is 14.5. The summed E-state index contributed by atoms with van der Waals surface area (Å²) in [5, 5.41) is 6.13. The summed E-state index contributed by atoms with van der Waals surface area (Å²) in [4.78, 5) is 8.64. The van der Waals surface area contributed by atoms with Crippen molar-refractivity contribution in [3.8, 4) is 0 Å². The van der Waals surface area contributed by atoms with Crippen LogP contribution in [-0.4, -0.2) is 15.7 Å². The lowest BCUT2D eigenvalue weighted by atomic mass is 10.1. The Morgan fingerprint density at radius 3 is 2.86 bits per heavy atom. The number of anilines is 1. The third-order valence-electron chi connectivity index (χ3n) is 3.40. The van der Waals surface area contributed by atoms with Gasteiger partial charge in [0.05, 0.1) is 11.2 Å². The first-order valence-electron chi connectivity index (χ1n) is 6.91. The summed E-state index contributed by atoms with van der Waals surface area (Å²) in [6.45, 7) is 3.96. The number of hydrazone groups is 1. The molecule has 0 bridgehead atoms. The molecule has 4 nitrogen and oxygen atoms in total. The highest BCUT2D eigenvalue weighted by Gasteiger charge is 2.04. The maximum atomic E-state index is 6.03. The van der Waals surface area contributed by atoms with E-state index in [0.29, 0.717) is 10.8 Å². The quantitative estimate of drug-likeness (QED) is 0.575. The van der Waals surface area contributed by atoms with Gasteiger partial charge >= 0.3 is 0 Å². The van der Waals surface area contributed by atoms with Crippen molar-refractivity contribution in [2.45, 2.75) is 13.8 Å². The molecule has 0 radical (unpaired) electrons. The predicted octanol–water partition coefficient (Wildman–Crippen LogP) is 4.43. The SMILES string of the molecule is C/C(=N\Nc1cc(C)c2cc(Cl)ccc2n1)c1cccnc1. The van der Waals surface area contributed by atoms with Crippen LogP contribution in [0.25, 0.3) is 10.9 Å². The molecule has 0 amide bonds. The van der Waals surface area contributed by atoms with Crippen molar-refractivity contribution in [1.82, 2.24) is 9.97 Å². The van der Waals surface area contributed by atoms with E-state index in [1.165, 1.54) is 0 Å². The summed E-state index contributed by atoms with van der Waals surface area (Å²) in [6.07, 6.45) is 3.52. The molecule has 0 aliphatic rings. The Balaban J connectivity index is 1.90. The molecule has 0 unspecified atom stereocenters. The van der Waals surface area contributed by atoms with Crippen LogP contribution in [0.5, 0.6) is 0 Å². The van der Waals surface area contributed by atoms with Gasteiger partial charge in [0.25, 0.3) is 0 Å². The highest BCUT2D eigenvalue weighted by atomic mass is 35.5. The Bertz CT molecular complexity index is 844. The third-order valence-corrected chi connectivity index (χ3v) is 3.63. The van der Waals surface area contributed by atoms with Gasteiger partial charge in [-0.1, -0.05) is 17.7 Å². The number of fused-ring (bicyclic) bond motifs is 1. The van der Waals surface area contributed by atoms with E-state index in [-0.39, 0.29) is 0 Å². The zero-order valence-electron chi connectivity index (χ0n) is 12.3. The number of aromatic nitrogens is 2. The molecular weight excluding hydrogens is 296 g/mol. The summed E-state index contributed by atoms with van der Waals surface area (Å²) in [6, 6.07) is 11.5. The summed E-state index contributed by atoms with van der Waals surface area (Å²) < 4.78 is 0. The van der Waals surface area contributed by atoms with Crippen molar-refractivity contribution in [3.05, 3.63) is 64.9 Å². The molecule has 1 N–H and O–H groups in total. The fraction of sp³-hybridized carbons (Fsp3) is 0.118. The Hall–Kier alpha value is -2.46. The van der Waals surface area contributed by atoms with Gasteiger partial charge in [0.15, 0.2) is 0 Å². The predicted molar refractivity (Wildman–Crippen MR) is 91.6 cm³/mol. The zero-order valence-corrected chi connectivity index (χ0v) is 13.1. The number of hydrogen-bond acceptors (Lipinski definition) is 4. The van der Waals surface area contributed by atoms with Crippen molar-refractivity contribution in [1.29, 1.82) is 0 Å². The van der Waals surface area contributed by atoms with Crippen LogP contribution in [0.4, 0.5) is 5.82 Å². The number of hydrogen-bond donors (Lipinski definition) is 1. The monoisotopic (exact) mass is 310 g/mol. The first-order chi connectivity index (χ1) is 10.6. The van der Waals surface area contributed by atoms with E-state index in [1.54, 1.807) is 12.4 Å². The van der Waals surface area contributed by atoms with Gasteiger partial charge in [-0.3, -0.25) is 10.4 Å². The summed E-state index contributed by atoms with van der Waals surface area (Å²) in [5.41, 5.74) is 6.82. The number of benzene rings is 1. The lowest BCUT2D eigenvalue weighted by molar-refractivity contribution is 1.23. The molecule has 0 saturated carbocycles. The van der Waals surface area contributed by atoms with Crippen molar-refractivity contribution in [2.24, 2.45) is 5.10 Å². The average Bonchev–Trinajstić information content (AvgIpc) is 2.54. The molecule has 2 heterocycles. The highest BCUT2D eigenvalue weighted by molar-refractivity contribution is 6.31. The summed E-state index contributed by atoms with van der Waals surface area (Å²) in [5.74, 6) is 0.704. The van der Waals surface area contributed by atoms with E-state index in [1.807, 2.05) is 50.2 Å². The zero-order chi connectivity index (χ0) is 15.5. The van der Waals surface area contributed by atoms with E-state index >= 15 is 0 Å². The van der Waals surface area contributed by atoms with E-state index in [0.717, 1.165) is 27.7 Å². The van der Waals surface area contributed by atoms with Crippen LogP contribution >= 0.6 is 11.6 Å². The molecule has 0 spiro atoms. The maximum Gasteiger partial charge on any atom is 0.147 e. The highest BCUT2D eigenvalue weighted by Crippen LogP contribution is 2.23. The summed E-state index contributed by atoms with van der Waals surface area (Å²) in [7, 11) is 0. The maximum absolute atomic E-state index is 6.03. The first-order valence-corrected chi connectivity index (χ1v) is 7.29. The Labute approximate surface area is 133 Å². The molecule has 110 valence electrons. The third kappa shape index (κ3) is 3.07. The van der Waals surface area contributed by atoms with Crippen molar-refractivity contribution in [3.63, 3.8) is 0 Å². The van der Waals surface area contributed by atoms with Crippen LogP contribution in [0.2, 0.25) is 5.02 Å². The lowest BCUT2D eigenvalue weighted by Gasteiger charge is -2.07. The van der Waals surface area contributed by atoms with Gasteiger partial charge in [-0.15, -0.1) is 0 Å². The smallest absolute Gasteiger partial charge is 0.147 e. The minimum absolute atomic E-state index is 0.704. The molecule has 3 rings (SSSR count). The largest absolute Gasteiger partial charge is 0.264 e. The fourth-order valence-corrected chi connectivity index (χ4v) is 2.38. The van der Waals surface area contributed by atoms with Gasteiger partial charge in [0, 0.05) is 28.4 Å². The average molecular weight is 311 g/mol. The van der Waals surface area contributed by atoms with Crippen LogP contribution in [-0.2, 0) is 0 Å². The van der Waals surface area contributed by atoms with Crippen LogP contribution < -0.4 is 5.43 Å². The van der Waals surface area contributed by atoms with Gasteiger partial charge in [-0.25, -0.2) is 4.98 Å². The van der Waals surface area contributed by atoms with Crippen molar-refractivity contribution in [2.75, 3.05) is 5.43 Å². The van der Waals surface area contributed by atoms with E-state index in [4.69, 9.17) is 11.6 Å². The van der Waals surface area contributed by atoms with Gasteiger partial charge in [-0.05, 0) is 49.7 Å². The van der Waals surface area contributed by atoms with Gasteiger partial charge in [0.1, 0.15) is 5.82 Å². The van der Waals surface area contributed by atoms with Gasteiger partial charge in [0.2, 0.25) is 0 Å². The van der Waals surface area contributed by atoms with Crippen LogP contribution in [0.3, 0.4) is 0 Å². The number of pyridine rings is 2. The van der Waals surface area contributed by atoms with Gasteiger partial charge in [-0.2, -0.15) is 5.10 Å². The summed E-state index contributed by atoms with van der Waals surface area (Å²) >= 11 is 6.03. The van der Waals surface area contributed by atoms with Crippen LogP contribution in [0, 0.1) is 6.92 Å². The van der Waals surface area contributed by atoms with E-state index in [2.05, 4.69) is 20.5 Å². The molecule has 0 aliphatic carbocycles. The Morgan fingerprint density at radius 1 is 1.23 bits per heavy atom. The standard InChI is InChI=1S/C17H15ClN4/c1-11-8-17(20-16-6-5-14(18)9-15(11)16)22-21-12(2)13-4-3-7-19-10-13/h3-10H,1-2H3,(H,20,22)/b21-12+. The topological polar surface area (TPSA) is 50.2 Å². The van der Waals surface area contributed by atoms with E-state index in [9.17, 15) is 0 Å². The molecule has 22 heavy (non-hydrogen) atoms. The number of rotatable bonds is 3. The second-order valence-corrected chi connectivity index (χ2v) is 5.47. The fourth-order valence-electron chi connectivity index (χ4n) is 2.21. The molecule has 0 fully saturated rings. The molecule has 3 aromatic rings. The lowest BCUT2D eigenvalue weighted by Crippen LogP contribution is -2.01. The molecule has 0 atom stereocenters. The van der Waals surface area contributed by atoms with Crippen molar-refractivity contribution >= 4 is 34.0 Å². The number of nitrogens with zero attached hydrogens (tertiary/aromatic N) is 3. The minimum atomic E-state index is 0.704. The second-order valence-electron chi connectivity index (χ2n) is 5.04. The van der Waals surface area contributed by atoms with Crippen LogP contribution in [0.1, 0.15) is 18.1 Å². The Morgan fingerprint density at radius 2 is 2.09 bits per heavy atom. The molecule has 0 aliphatic heterocycles. The van der Waals surface area contributed by atoms with Crippen LogP contribution in [0.15, 0.2) is 53.9 Å². The van der Waals surface area contributed by atoms with E-state index < -0.39 is 0 Å².